The van der Waals surface area contributed by atoms with Gasteiger partial charge in [-0.05, 0) is 49.2 Å². The van der Waals surface area contributed by atoms with Crippen molar-refractivity contribution in [3.8, 4) is 11.5 Å². The fraction of sp³-hybridized carbons (Fsp3) is 0.286. The number of rotatable bonds is 7. The third-order valence-corrected chi connectivity index (χ3v) is 4.74. The van der Waals surface area contributed by atoms with E-state index in [2.05, 4.69) is 16.0 Å². The Labute approximate surface area is 168 Å². The van der Waals surface area contributed by atoms with Crippen LogP contribution in [0.2, 0.25) is 0 Å². The quantitative estimate of drug-likeness (QED) is 0.623. The zero-order valence-corrected chi connectivity index (χ0v) is 16.5. The summed E-state index contributed by atoms with van der Waals surface area (Å²) in [6.45, 7) is 1.42. The number of methoxy groups -OCH3 is 2. The molecule has 0 heterocycles. The van der Waals surface area contributed by atoms with E-state index in [1.165, 1.54) is 14.0 Å². The minimum absolute atomic E-state index is 0.177. The first kappa shape index (κ1) is 20.2. The van der Waals surface area contributed by atoms with Gasteiger partial charge in [0.2, 0.25) is 17.7 Å². The Morgan fingerprint density at radius 1 is 0.828 bits per heavy atom. The molecule has 29 heavy (non-hydrogen) atoms. The van der Waals surface area contributed by atoms with Crippen molar-refractivity contribution < 1.29 is 23.9 Å². The van der Waals surface area contributed by atoms with Crippen LogP contribution in [-0.4, -0.2) is 31.9 Å². The highest BCUT2D eigenvalue weighted by Crippen LogP contribution is 2.48. The fourth-order valence-corrected chi connectivity index (χ4v) is 2.92. The number of carbonyl (C=O) groups is 3. The van der Waals surface area contributed by atoms with Gasteiger partial charge in [-0.2, -0.15) is 0 Å². The maximum atomic E-state index is 12.8. The zero-order valence-electron chi connectivity index (χ0n) is 16.5. The molecule has 2 aromatic carbocycles. The Hall–Kier alpha value is -3.55. The fourth-order valence-electron chi connectivity index (χ4n) is 2.92. The van der Waals surface area contributed by atoms with Crippen LogP contribution in [0.1, 0.15) is 19.8 Å². The van der Waals surface area contributed by atoms with Gasteiger partial charge in [-0.25, -0.2) is 0 Å². The SMILES string of the molecule is COc1ccc(NC(=O)C2(C(=O)Nc3ccc(NC(C)=O)cc3)CC2)c(OC)c1. The van der Waals surface area contributed by atoms with Crippen molar-refractivity contribution in [1.29, 1.82) is 0 Å². The molecule has 1 saturated carbocycles. The second kappa shape index (κ2) is 8.22. The van der Waals surface area contributed by atoms with Gasteiger partial charge < -0.3 is 25.4 Å². The molecule has 2 aromatic rings. The van der Waals surface area contributed by atoms with Crippen LogP contribution in [-0.2, 0) is 14.4 Å². The minimum Gasteiger partial charge on any atom is -0.497 e. The molecule has 0 bridgehead atoms. The van der Waals surface area contributed by atoms with Gasteiger partial charge in [0.25, 0.3) is 0 Å². The third kappa shape index (κ3) is 4.48. The highest BCUT2D eigenvalue weighted by Gasteiger charge is 2.56. The second-order valence-corrected chi connectivity index (χ2v) is 6.82. The van der Waals surface area contributed by atoms with Crippen LogP contribution < -0.4 is 25.4 Å². The van der Waals surface area contributed by atoms with E-state index in [9.17, 15) is 14.4 Å². The topological polar surface area (TPSA) is 106 Å². The molecule has 8 nitrogen and oxygen atoms in total. The maximum Gasteiger partial charge on any atom is 0.240 e. The molecule has 3 N–H and O–H groups in total. The normalized spacial score (nSPS) is 13.8. The van der Waals surface area contributed by atoms with Crippen molar-refractivity contribution in [2.45, 2.75) is 19.8 Å². The smallest absolute Gasteiger partial charge is 0.240 e. The van der Waals surface area contributed by atoms with E-state index in [0.717, 1.165) is 0 Å². The van der Waals surface area contributed by atoms with Crippen molar-refractivity contribution in [2.75, 3.05) is 30.2 Å². The van der Waals surface area contributed by atoms with Crippen molar-refractivity contribution in [2.24, 2.45) is 5.41 Å². The second-order valence-electron chi connectivity index (χ2n) is 6.82. The summed E-state index contributed by atoms with van der Waals surface area (Å²) in [7, 11) is 3.04. The molecule has 0 radical (unpaired) electrons. The Morgan fingerprint density at radius 3 is 1.93 bits per heavy atom. The molecule has 0 unspecified atom stereocenters. The molecule has 1 fully saturated rings. The van der Waals surface area contributed by atoms with E-state index in [0.29, 0.717) is 41.4 Å². The van der Waals surface area contributed by atoms with Gasteiger partial charge in [-0.1, -0.05) is 0 Å². The molecule has 0 atom stereocenters. The predicted octanol–water partition coefficient (Wildman–Crippen LogP) is 3.02. The van der Waals surface area contributed by atoms with Crippen LogP contribution in [0.5, 0.6) is 11.5 Å². The number of hydrogen-bond acceptors (Lipinski definition) is 5. The van der Waals surface area contributed by atoms with Crippen molar-refractivity contribution in [3.05, 3.63) is 42.5 Å². The average Bonchev–Trinajstić information content (AvgIpc) is 3.51. The number of amides is 3. The molecule has 0 aromatic heterocycles. The lowest BCUT2D eigenvalue weighted by Crippen LogP contribution is -2.35. The minimum atomic E-state index is -1.11. The molecular weight excluding hydrogens is 374 g/mol. The summed E-state index contributed by atoms with van der Waals surface area (Å²) in [5, 5.41) is 8.22. The van der Waals surface area contributed by atoms with Gasteiger partial charge in [0.1, 0.15) is 16.9 Å². The lowest BCUT2D eigenvalue weighted by atomic mass is 10.0. The molecular formula is C21H23N3O5. The summed E-state index contributed by atoms with van der Waals surface area (Å²) in [5.74, 6) is 0.122. The number of carbonyl (C=O) groups excluding carboxylic acids is 3. The lowest BCUT2D eigenvalue weighted by Gasteiger charge is -2.17. The Bertz CT molecular complexity index is 936. The number of anilines is 3. The Kier molecular flexibility index (Phi) is 5.72. The molecule has 0 aliphatic heterocycles. The predicted molar refractivity (Wildman–Crippen MR) is 109 cm³/mol. The molecule has 0 spiro atoms. The largest absolute Gasteiger partial charge is 0.497 e. The number of benzene rings is 2. The van der Waals surface area contributed by atoms with Crippen molar-refractivity contribution in [3.63, 3.8) is 0 Å². The summed E-state index contributed by atoms with van der Waals surface area (Å²) in [6.07, 6.45) is 0.931. The first-order valence-electron chi connectivity index (χ1n) is 9.10. The van der Waals surface area contributed by atoms with E-state index in [-0.39, 0.29) is 17.7 Å². The van der Waals surface area contributed by atoms with E-state index in [4.69, 9.17) is 9.47 Å². The third-order valence-electron chi connectivity index (χ3n) is 4.74. The van der Waals surface area contributed by atoms with E-state index in [1.807, 2.05) is 0 Å². The first-order valence-corrected chi connectivity index (χ1v) is 9.10. The summed E-state index contributed by atoms with van der Waals surface area (Å²) in [6, 6.07) is 11.7. The molecule has 1 aliphatic rings. The zero-order chi connectivity index (χ0) is 21.0. The number of ether oxygens (including phenoxy) is 2. The molecule has 0 saturated heterocycles. The number of nitrogens with one attached hydrogen (secondary N) is 3. The number of hydrogen-bond donors (Lipinski definition) is 3. The first-order chi connectivity index (χ1) is 13.9. The molecule has 8 heteroatoms. The monoisotopic (exact) mass is 397 g/mol. The van der Waals surface area contributed by atoms with Gasteiger partial charge in [-0.15, -0.1) is 0 Å². The summed E-state index contributed by atoms with van der Waals surface area (Å²) < 4.78 is 10.4. The van der Waals surface area contributed by atoms with Crippen LogP contribution in [0.15, 0.2) is 42.5 Å². The lowest BCUT2D eigenvalue weighted by molar-refractivity contribution is -0.131. The van der Waals surface area contributed by atoms with Gasteiger partial charge in [0, 0.05) is 24.4 Å². The summed E-state index contributed by atoms with van der Waals surface area (Å²) in [5.41, 5.74) is 0.532. The van der Waals surface area contributed by atoms with Crippen LogP contribution in [0.4, 0.5) is 17.1 Å². The van der Waals surface area contributed by atoms with Crippen LogP contribution in [0, 0.1) is 5.41 Å². The van der Waals surface area contributed by atoms with Crippen LogP contribution in [0.3, 0.4) is 0 Å². The highest BCUT2D eigenvalue weighted by atomic mass is 16.5. The van der Waals surface area contributed by atoms with Crippen molar-refractivity contribution >= 4 is 34.8 Å². The molecule has 1 aliphatic carbocycles. The molecule has 152 valence electrons. The van der Waals surface area contributed by atoms with E-state index >= 15 is 0 Å². The maximum absolute atomic E-state index is 12.8. The van der Waals surface area contributed by atoms with Gasteiger partial charge in [0.15, 0.2) is 0 Å². The Balaban J connectivity index is 1.68. The molecule has 3 rings (SSSR count). The van der Waals surface area contributed by atoms with Gasteiger partial charge in [-0.3, -0.25) is 14.4 Å². The molecule has 3 amide bonds. The van der Waals surface area contributed by atoms with Crippen LogP contribution >= 0.6 is 0 Å². The van der Waals surface area contributed by atoms with E-state index in [1.54, 1.807) is 49.6 Å². The highest BCUT2D eigenvalue weighted by molar-refractivity contribution is 6.17. The van der Waals surface area contributed by atoms with Crippen LogP contribution in [0.25, 0.3) is 0 Å². The van der Waals surface area contributed by atoms with Gasteiger partial charge >= 0.3 is 0 Å². The van der Waals surface area contributed by atoms with Crippen molar-refractivity contribution in [1.82, 2.24) is 0 Å². The average molecular weight is 397 g/mol. The standard InChI is InChI=1S/C21H23N3O5/c1-13(25)22-14-4-6-15(7-5-14)23-19(26)21(10-11-21)20(27)24-17-9-8-16(28-2)12-18(17)29-3/h4-9,12H,10-11H2,1-3H3,(H,22,25)(H,23,26)(H,24,27). The summed E-state index contributed by atoms with van der Waals surface area (Å²) >= 11 is 0. The summed E-state index contributed by atoms with van der Waals surface area (Å²) in [4.78, 5) is 36.7. The Morgan fingerprint density at radius 2 is 1.41 bits per heavy atom. The van der Waals surface area contributed by atoms with E-state index < -0.39 is 5.41 Å². The van der Waals surface area contributed by atoms with Gasteiger partial charge in [0.05, 0.1) is 19.9 Å².